The van der Waals surface area contributed by atoms with E-state index in [1.54, 1.807) is 0 Å². The minimum Gasteiger partial charge on any atom is -0.309 e. The highest BCUT2D eigenvalue weighted by molar-refractivity contribution is 9.09. The van der Waals surface area contributed by atoms with E-state index in [2.05, 4.69) is 15.9 Å². The molecule has 5 heteroatoms. The predicted molar refractivity (Wildman–Crippen MR) is 72.6 cm³/mol. The van der Waals surface area contributed by atoms with Gasteiger partial charge in [0.1, 0.15) is 0 Å². The number of hydrogen-bond acceptors (Lipinski definition) is 3. The third-order valence-electron chi connectivity index (χ3n) is 2.22. The van der Waals surface area contributed by atoms with Crippen LogP contribution in [0, 0.1) is 0 Å². The van der Waals surface area contributed by atoms with Crippen molar-refractivity contribution in [1.82, 2.24) is 0 Å². The molecule has 0 aromatic carbocycles. The molecule has 0 aromatic heterocycles. The van der Waals surface area contributed by atoms with Crippen molar-refractivity contribution in [2.24, 2.45) is 0 Å². The van der Waals surface area contributed by atoms with Crippen LogP contribution in [0.3, 0.4) is 0 Å². The Morgan fingerprint density at radius 3 is 1.94 bits per heavy atom. The molecule has 0 amide bonds. The summed E-state index contributed by atoms with van der Waals surface area (Å²) in [5.74, 6) is 0. The number of unbranched alkanes of at least 4 members (excludes halogenated alkanes) is 4. The zero-order chi connectivity index (χ0) is 12.3. The van der Waals surface area contributed by atoms with Crippen molar-refractivity contribution >= 4 is 23.5 Å². The average molecular weight is 315 g/mol. The SMILES string of the molecule is CCOP(=O)(CCCCCCCBr)OCC. The zero-order valence-corrected chi connectivity index (χ0v) is 12.9. The second kappa shape index (κ2) is 10.8. The summed E-state index contributed by atoms with van der Waals surface area (Å²) in [6, 6.07) is 0. The van der Waals surface area contributed by atoms with Gasteiger partial charge in [0.25, 0.3) is 0 Å². The van der Waals surface area contributed by atoms with Gasteiger partial charge in [-0.3, -0.25) is 4.57 Å². The molecule has 0 spiro atoms. The molecule has 0 atom stereocenters. The summed E-state index contributed by atoms with van der Waals surface area (Å²) in [6.45, 7) is 4.62. The number of hydrogen-bond donors (Lipinski definition) is 0. The van der Waals surface area contributed by atoms with Crippen LogP contribution in [0.1, 0.15) is 46.0 Å². The smallest absolute Gasteiger partial charge is 0.309 e. The quantitative estimate of drug-likeness (QED) is 0.318. The Labute approximate surface area is 108 Å². The molecule has 0 unspecified atom stereocenters. The predicted octanol–water partition coefficient (Wildman–Crippen LogP) is 4.60. The molecule has 0 aliphatic carbocycles. The van der Waals surface area contributed by atoms with Gasteiger partial charge >= 0.3 is 7.60 Å². The highest BCUT2D eigenvalue weighted by Gasteiger charge is 2.22. The van der Waals surface area contributed by atoms with Gasteiger partial charge in [-0.1, -0.05) is 35.2 Å². The molecular weight excluding hydrogens is 291 g/mol. The summed E-state index contributed by atoms with van der Waals surface area (Å²) < 4.78 is 22.5. The third-order valence-corrected chi connectivity index (χ3v) is 4.95. The summed E-state index contributed by atoms with van der Waals surface area (Å²) in [7, 11) is -2.78. The molecule has 0 fully saturated rings. The summed E-state index contributed by atoms with van der Waals surface area (Å²) in [4.78, 5) is 0. The van der Waals surface area contributed by atoms with Gasteiger partial charge in [-0.05, 0) is 26.7 Å². The Morgan fingerprint density at radius 1 is 0.938 bits per heavy atom. The molecule has 0 N–H and O–H groups in total. The lowest BCUT2D eigenvalue weighted by Crippen LogP contribution is -2.00. The first kappa shape index (κ1) is 16.6. The summed E-state index contributed by atoms with van der Waals surface area (Å²) in [6.07, 6.45) is 6.25. The van der Waals surface area contributed by atoms with Crippen LogP contribution in [-0.2, 0) is 13.6 Å². The molecule has 0 bridgehead atoms. The first-order chi connectivity index (χ1) is 7.68. The maximum Gasteiger partial charge on any atom is 0.330 e. The Bertz CT molecular complexity index is 190. The van der Waals surface area contributed by atoms with Gasteiger partial charge in [-0.25, -0.2) is 0 Å². The fourth-order valence-corrected chi connectivity index (χ4v) is 3.62. The molecule has 0 saturated heterocycles. The van der Waals surface area contributed by atoms with Crippen molar-refractivity contribution < 1.29 is 13.6 Å². The molecule has 98 valence electrons. The van der Waals surface area contributed by atoms with Crippen LogP contribution in [0.15, 0.2) is 0 Å². The minimum absolute atomic E-state index is 0.459. The van der Waals surface area contributed by atoms with E-state index >= 15 is 0 Å². The van der Waals surface area contributed by atoms with Gasteiger partial charge in [0.2, 0.25) is 0 Å². The van der Waals surface area contributed by atoms with E-state index in [0.29, 0.717) is 19.4 Å². The molecule has 0 aliphatic heterocycles. The minimum atomic E-state index is -2.78. The van der Waals surface area contributed by atoms with Gasteiger partial charge < -0.3 is 9.05 Å². The van der Waals surface area contributed by atoms with Crippen LogP contribution in [0.4, 0.5) is 0 Å². The van der Waals surface area contributed by atoms with Crippen molar-refractivity contribution in [2.75, 3.05) is 24.7 Å². The highest BCUT2D eigenvalue weighted by Crippen LogP contribution is 2.48. The Morgan fingerprint density at radius 2 is 1.44 bits per heavy atom. The number of alkyl halides is 1. The highest BCUT2D eigenvalue weighted by atomic mass is 79.9. The fourth-order valence-electron chi connectivity index (χ4n) is 1.49. The van der Waals surface area contributed by atoms with Crippen molar-refractivity contribution in [3.05, 3.63) is 0 Å². The van der Waals surface area contributed by atoms with E-state index in [-0.39, 0.29) is 0 Å². The van der Waals surface area contributed by atoms with E-state index in [1.165, 1.54) is 19.3 Å². The van der Waals surface area contributed by atoms with Crippen molar-refractivity contribution in [1.29, 1.82) is 0 Å². The van der Waals surface area contributed by atoms with Gasteiger partial charge in [-0.15, -0.1) is 0 Å². The van der Waals surface area contributed by atoms with Crippen LogP contribution in [0.25, 0.3) is 0 Å². The molecule has 0 rings (SSSR count). The lowest BCUT2D eigenvalue weighted by atomic mass is 10.2. The molecule has 0 saturated carbocycles. The standard InChI is InChI=1S/C11H24BrO3P/c1-3-14-16(13,15-4-2)11-9-7-5-6-8-10-12/h3-11H2,1-2H3. The van der Waals surface area contributed by atoms with Crippen LogP contribution in [-0.4, -0.2) is 24.7 Å². The first-order valence-corrected chi connectivity index (χ1v) is 8.97. The van der Waals surface area contributed by atoms with E-state index in [4.69, 9.17) is 9.05 Å². The molecule has 0 aliphatic rings. The van der Waals surface area contributed by atoms with Crippen LogP contribution >= 0.6 is 23.5 Å². The van der Waals surface area contributed by atoms with Gasteiger partial charge in [0.05, 0.1) is 19.4 Å². The number of halogens is 1. The number of rotatable bonds is 11. The molecule has 16 heavy (non-hydrogen) atoms. The zero-order valence-electron chi connectivity index (χ0n) is 10.4. The second-order valence-corrected chi connectivity index (χ2v) is 6.61. The van der Waals surface area contributed by atoms with Crippen LogP contribution in [0.2, 0.25) is 0 Å². The van der Waals surface area contributed by atoms with Crippen LogP contribution in [0.5, 0.6) is 0 Å². The topological polar surface area (TPSA) is 35.5 Å². The first-order valence-electron chi connectivity index (χ1n) is 6.12. The third kappa shape index (κ3) is 8.74. The fraction of sp³-hybridized carbons (Fsp3) is 1.00. The largest absolute Gasteiger partial charge is 0.330 e. The Balaban J connectivity index is 3.64. The van der Waals surface area contributed by atoms with Crippen molar-refractivity contribution in [2.45, 2.75) is 46.0 Å². The van der Waals surface area contributed by atoms with Gasteiger partial charge in [0, 0.05) is 5.33 Å². The lowest BCUT2D eigenvalue weighted by Gasteiger charge is -2.16. The molecule has 3 nitrogen and oxygen atoms in total. The normalized spacial score (nSPS) is 11.9. The monoisotopic (exact) mass is 314 g/mol. The van der Waals surface area contributed by atoms with Crippen LogP contribution < -0.4 is 0 Å². The second-order valence-electron chi connectivity index (χ2n) is 3.63. The maximum atomic E-state index is 12.1. The van der Waals surface area contributed by atoms with Crippen molar-refractivity contribution in [3.63, 3.8) is 0 Å². The van der Waals surface area contributed by atoms with Gasteiger partial charge in [-0.2, -0.15) is 0 Å². The molecular formula is C11H24BrO3P. The van der Waals surface area contributed by atoms with E-state index in [0.717, 1.165) is 18.2 Å². The molecule has 0 aromatic rings. The average Bonchev–Trinajstić information content (AvgIpc) is 2.24. The summed E-state index contributed by atoms with van der Waals surface area (Å²) in [5, 5.41) is 1.07. The summed E-state index contributed by atoms with van der Waals surface area (Å²) >= 11 is 3.41. The van der Waals surface area contributed by atoms with Crippen molar-refractivity contribution in [3.8, 4) is 0 Å². The Hall–Kier alpha value is 0.630. The van der Waals surface area contributed by atoms with E-state index in [1.807, 2.05) is 13.8 Å². The van der Waals surface area contributed by atoms with Gasteiger partial charge in [0.15, 0.2) is 0 Å². The van der Waals surface area contributed by atoms with E-state index in [9.17, 15) is 4.57 Å². The molecule has 0 heterocycles. The lowest BCUT2D eigenvalue weighted by molar-refractivity contribution is 0.219. The Kier molecular flexibility index (Phi) is 11.2. The molecule has 0 radical (unpaired) electrons. The van der Waals surface area contributed by atoms with E-state index < -0.39 is 7.60 Å². The maximum absolute atomic E-state index is 12.1. The summed E-state index contributed by atoms with van der Waals surface area (Å²) in [5.41, 5.74) is 0.